The Bertz CT molecular complexity index is 305. The molecule has 68 valence electrons. The van der Waals surface area contributed by atoms with Gasteiger partial charge in [-0.1, -0.05) is 30.3 Å². The number of thioether (sulfide) groups is 1. The van der Waals surface area contributed by atoms with Crippen molar-refractivity contribution in [3.63, 3.8) is 0 Å². The maximum Gasteiger partial charge on any atom is 0.0648 e. The minimum absolute atomic E-state index is 0.669. The molecule has 0 saturated heterocycles. The quantitative estimate of drug-likeness (QED) is 0.700. The van der Waals surface area contributed by atoms with Gasteiger partial charge in [0, 0.05) is 5.25 Å². The van der Waals surface area contributed by atoms with E-state index in [1.165, 1.54) is 10.6 Å². The second kappa shape index (κ2) is 3.97. The Morgan fingerprint density at radius 3 is 2.77 bits per heavy atom. The largest absolute Gasteiger partial charge is 0.282 e. The lowest BCUT2D eigenvalue weighted by molar-refractivity contribution is 0.870. The normalized spacial score (nSPS) is 21.6. The van der Waals surface area contributed by atoms with Crippen molar-refractivity contribution < 1.29 is 0 Å². The van der Waals surface area contributed by atoms with E-state index in [-0.39, 0.29) is 0 Å². The molecule has 0 bridgehead atoms. The van der Waals surface area contributed by atoms with E-state index < -0.39 is 0 Å². The van der Waals surface area contributed by atoms with Crippen LogP contribution in [0.1, 0.15) is 12.5 Å². The third-order valence-corrected chi connectivity index (χ3v) is 3.28. The zero-order valence-electron chi connectivity index (χ0n) is 7.73. The Morgan fingerprint density at radius 2 is 2.15 bits per heavy atom. The summed E-state index contributed by atoms with van der Waals surface area (Å²) < 4.78 is 0. The summed E-state index contributed by atoms with van der Waals surface area (Å²) in [7, 11) is 0. The smallest absolute Gasteiger partial charge is 0.0648 e. The van der Waals surface area contributed by atoms with Crippen LogP contribution in [0.25, 0.3) is 0 Å². The van der Waals surface area contributed by atoms with Crippen LogP contribution in [-0.2, 0) is 6.42 Å². The van der Waals surface area contributed by atoms with Crippen LogP contribution in [-0.4, -0.2) is 16.8 Å². The van der Waals surface area contributed by atoms with Crippen LogP contribution in [0, 0.1) is 0 Å². The highest BCUT2D eigenvalue weighted by Crippen LogP contribution is 2.23. The zero-order valence-corrected chi connectivity index (χ0v) is 8.55. The number of aliphatic imine (C=N–C) groups is 1. The molecule has 0 saturated carbocycles. The molecule has 0 radical (unpaired) electrons. The van der Waals surface area contributed by atoms with Gasteiger partial charge in [0.1, 0.15) is 0 Å². The fourth-order valence-electron chi connectivity index (χ4n) is 1.53. The van der Waals surface area contributed by atoms with Crippen molar-refractivity contribution in [3.8, 4) is 0 Å². The average Bonchev–Trinajstić information content (AvgIpc) is 2.53. The molecule has 0 aliphatic carbocycles. The molecule has 1 aromatic carbocycles. The molecule has 2 heteroatoms. The molecule has 1 unspecified atom stereocenters. The molecule has 1 heterocycles. The van der Waals surface area contributed by atoms with Crippen LogP contribution < -0.4 is 0 Å². The van der Waals surface area contributed by atoms with E-state index in [1.54, 1.807) is 0 Å². The van der Waals surface area contributed by atoms with Crippen molar-refractivity contribution in [1.82, 2.24) is 0 Å². The second-order valence-electron chi connectivity index (χ2n) is 3.29. The third-order valence-electron chi connectivity index (χ3n) is 2.16. The molecule has 1 atom stereocenters. The standard InChI is InChI=1S/C11H13NS/c1-9-12-8-11(13-9)7-10-5-3-2-4-6-10/h2-6,11H,7-8H2,1H3. The Morgan fingerprint density at radius 1 is 1.38 bits per heavy atom. The monoisotopic (exact) mass is 191 g/mol. The van der Waals surface area contributed by atoms with Crippen molar-refractivity contribution in [2.75, 3.05) is 6.54 Å². The van der Waals surface area contributed by atoms with Crippen LogP contribution in [0.3, 0.4) is 0 Å². The number of rotatable bonds is 2. The average molecular weight is 191 g/mol. The number of hydrogen-bond donors (Lipinski definition) is 0. The Balaban J connectivity index is 1.94. The summed E-state index contributed by atoms with van der Waals surface area (Å²) in [6, 6.07) is 10.6. The van der Waals surface area contributed by atoms with E-state index in [4.69, 9.17) is 0 Å². The molecule has 0 fully saturated rings. The van der Waals surface area contributed by atoms with Crippen molar-refractivity contribution >= 4 is 16.8 Å². The molecule has 2 rings (SSSR count). The molecule has 0 amide bonds. The van der Waals surface area contributed by atoms with Gasteiger partial charge in [0.25, 0.3) is 0 Å². The van der Waals surface area contributed by atoms with Crippen molar-refractivity contribution in [2.45, 2.75) is 18.6 Å². The fourth-order valence-corrected chi connectivity index (χ4v) is 2.59. The van der Waals surface area contributed by atoms with E-state index in [0.29, 0.717) is 5.25 Å². The molecule has 1 nitrogen and oxygen atoms in total. The maximum absolute atomic E-state index is 4.39. The molecule has 0 spiro atoms. The van der Waals surface area contributed by atoms with Crippen LogP contribution in [0.2, 0.25) is 0 Å². The van der Waals surface area contributed by atoms with Crippen LogP contribution >= 0.6 is 11.8 Å². The summed E-state index contributed by atoms with van der Waals surface area (Å²) in [6.45, 7) is 3.08. The summed E-state index contributed by atoms with van der Waals surface area (Å²) in [5, 5.41) is 1.91. The molecule has 13 heavy (non-hydrogen) atoms. The topological polar surface area (TPSA) is 12.4 Å². The van der Waals surface area contributed by atoms with Crippen LogP contribution in [0.5, 0.6) is 0 Å². The first kappa shape index (κ1) is 8.82. The van der Waals surface area contributed by atoms with Gasteiger partial charge in [-0.25, -0.2) is 0 Å². The molecule has 0 N–H and O–H groups in total. The van der Waals surface area contributed by atoms with E-state index in [9.17, 15) is 0 Å². The molecular formula is C11H13NS. The number of nitrogens with zero attached hydrogens (tertiary/aromatic N) is 1. The van der Waals surface area contributed by atoms with Crippen molar-refractivity contribution in [1.29, 1.82) is 0 Å². The first-order valence-electron chi connectivity index (χ1n) is 4.56. The predicted molar refractivity (Wildman–Crippen MR) is 59.5 cm³/mol. The van der Waals surface area contributed by atoms with Gasteiger partial charge < -0.3 is 0 Å². The lowest BCUT2D eigenvalue weighted by atomic mass is 10.1. The highest BCUT2D eigenvalue weighted by molar-refractivity contribution is 8.14. The van der Waals surface area contributed by atoms with Crippen molar-refractivity contribution in [3.05, 3.63) is 35.9 Å². The SMILES string of the molecule is CC1=NCC(Cc2ccccc2)S1. The van der Waals surface area contributed by atoms with Gasteiger partial charge in [0.05, 0.1) is 11.6 Å². The highest BCUT2D eigenvalue weighted by Gasteiger charge is 2.16. The summed E-state index contributed by atoms with van der Waals surface area (Å²) in [6.07, 6.45) is 1.15. The van der Waals surface area contributed by atoms with Gasteiger partial charge in [-0.05, 0) is 18.9 Å². The molecule has 0 aromatic heterocycles. The summed E-state index contributed by atoms with van der Waals surface area (Å²) in [4.78, 5) is 4.39. The first-order valence-corrected chi connectivity index (χ1v) is 5.44. The lowest BCUT2D eigenvalue weighted by Crippen LogP contribution is -2.06. The van der Waals surface area contributed by atoms with E-state index in [2.05, 4.69) is 42.2 Å². The van der Waals surface area contributed by atoms with Gasteiger partial charge in [-0.15, -0.1) is 11.8 Å². The van der Waals surface area contributed by atoms with Gasteiger partial charge >= 0.3 is 0 Å². The minimum Gasteiger partial charge on any atom is -0.282 e. The van der Waals surface area contributed by atoms with Crippen LogP contribution in [0.4, 0.5) is 0 Å². The third kappa shape index (κ3) is 2.34. The minimum atomic E-state index is 0.669. The van der Waals surface area contributed by atoms with Crippen LogP contribution in [0.15, 0.2) is 35.3 Å². The maximum atomic E-state index is 4.39. The Labute approximate surface area is 83.3 Å². The molecular weight excluding hydrogens is 178 g/mol. The molecule has 1 aliphatic heterocycles. The Hall–Kier alpha value is -0.760. The number of benzene rings is 1. The summed E-state index contributed by atoms with van der Waals surface area (Å²) in [5.41, 5.74) is 1.42. The fraction of sp³-hybridized carbons (Fsp3) is 0.364. The van der Waals surface area contributed by atoms with E-state index in [0.717, 1.165) is 13.0 Å². The first-order chi connectivity index (χ1) is 6.34. The number of hydrogen-bond acceptors (Lipinski definition) is 2. The van der Waals surface area contributed by atoms with E-state index in [1.807, 2.05) is 11.8 Å². The zero-order chi connectivity index (χ0) is 9.10. The van der Waals surface area contributed by atoms with Gasteiger partial charge in [-0.2, -0.15) is 0 Å². The predicted octanol–water partition coefficient (Wildman–Crippen LogP) is 2.76. The molecule has 1 aliphatic rings. The van der Waals surface area contributed by atoms with Crippen molar-refractivity contribution in [2.24, 2.45) is 4.99 Å². The summed E-state index contributed by atoms with van der Waals surface area (Å²) in [5.74, 6) is 0. The lowest BCUT2D eigenvalue weighted by Gasteiger charge is -2.06. The Kier molecular flexibility index (Phi) is 2.69. The van der Waals surface area contributed by atoms with Gasteiger partial charge in [0.15, 0.2) is 0 Å². The van der Waals surface area contributed by atoms with Gasteiger partial charge in [-0.3, -0.25) is 4.99 Å². The second-order valence-corrected chi connectivity index (χ2v) is 4.78. The van der Waals surface area contributed by atoms with E-state index >= 15 is 0 Å². The summed E-state index contributed by atoms with van der Waals surface area (Å²) >= 11 is 1.91. The van der Waals surface area contributed by atoms with Gasteiger partial charge in [0.2, 0.25) is 0 Å². The molecule has 1 aromatic rings. The highest BCUT2D eigenvalue weighted by atomic mass is 32.2.